The van der Waals surface area contributed by atoms with Crippen LogP contribution in [0.5, 0.6) is 0 Å². The lowest BCUT2D eigenvalue weighted by Gasteiger charge is -2.43. The molecule has 0 N–H and O–H groups in total. The Hall–Kier alpha value is -1.24. The Morgan fingerprint density at radius 2 is 1.59 bits per heavy atom. The molecule has 2 amide bonds. The zero-order chi connectivity index (χ0) is 20.2. The van der Waals surface area contributed by atoms with Gasteiger partial charge < -0.3 is 9.80 Å². The molecule has 2 saturated heterocycles. The summed E-state index contributed by atoms with van der Waals surface area (Å²) >= 11 is 8.16. The molecule has 2 aliphatic heterocycles. The van der Waals surface area contributed by atoms with Crippen LogP contribution in [0.3, 0.4) is 0 Å². The van der Waals surface area contributed by atoms with E-state index in [4.69, 9.17) is 11.6 Å². The number of thioether (sulfide) groups is 1. The van der Waals surface area contributed by atoms with Gasteiger partial charge in [-0.1, -0.05) is 36.6 Å². The van der Waals surface area contributed by atoms with E-state index in [0.29, 0.717) is 35.5 Å². The molecular formula is C22H30ClN3O2S. The van der Waals surface area contributed by atoms with E-state index >= 15 is 0 Å². The van der Waals surface area contributed by atoms with Crippen LogP contribution in [0, 0.1) is 5.92 Å². The fraction of sp³-hybridized carbons (Fsp3) is 0.636. The predicted octanol–water partition coefficient (Wildman–Crippen LogP) is 3.23. The number of carbonyl (C=O) groups is 2. The fourth-order valence-corrected chi connectivity index (χ4v) is 6.03. The Bertz CT molecular complexity index is 727. The first-order chi connectivity index (χ1) is 14.1. The van der Waals surface area contributed by atoms with E-state index < -0.39 is 0 Å². The van der Waals surface area contributed by atoms with Gasteiger partial charge in [-0.2, -0.15) is 11.8 Å². The van der Waals surface area contributed by atoms with E-state index in [1.165, 1.54) is 12.8 Å². The molecule has 4 rings (SSSR count). The number of hydrogen-bond acceptors (Lipinski definition) is 4. The van der Waals surface area contributed by atoms with Crippen LogP contribution >= 0.6 is 23.4 Å². The van der Waals surface area contributed by atoms with E-state index in [-0.39, 0.29) is 11.9 Å². The van der Waals surface area contributed by atoms with Crippen LogP contribution in [0.25, 0.3) is 0 Å². The average Bonchev–Trinajstić information content (AvgIpc) is 3.29. The van der Waals surface area contributed by atoms with Crippen LogP contribution in [0.2, 0.25) is 5.02 Å². The number of halogens is 1. The van der Waals surface area contributed by atoms with Crippen molar-refractivity contribution in [3.8, 4) is 0 Å². The summed E-state index contributed by atoms with van der Waals surface area (Å²) in [4.78, 5) is 32.6. The van der Waals surface area contributed by atoms with Crippen molar-refractivity contribution >= 4 is 35.2 Å². The Morgan fingerprint density at radius 1 is 0.931 bits per heavy atom. The molecule has 1 aliphatic carbocycles. The molecule has 1 saturated carbocycles. The first-order valence-corrected chi connectivity index (χ1v) is 12.3. The molecule has 3 fully saturated rings. The van der Waals surface area contributed by atoms with Gasteiger partial charge in [0.05, 0.1) is 16.6 Å². The summed E-state index contributed by atoms with van der Waals surface area (Å²) in [6.45, 7) is 4.56. The lowest BCUT2D eigenvalue weighted by molar-refractivity contribution is -0.139. The number of piperazine rings is 1. The molecule has 2 heterocycles. The van der Waals surface area contributed by atoms with Gasteiger partial charge in [0.25, 0.3) is 5.91 Å². The van der Waals surface area contributed by atoms with E-state index in [0.717, 1.165) is 50.5 Å². The van der Waals surface area contributed by atoms with Gasteiger partial charge in [-0.15, -0.1) is 0 Å². The second-order valence-electron chi connectivity index (χ2n) is 8.24. The highest BCUT2D eigenvalue weighted by molar-refractivity contribution is 7.99. The molecule has 1 aromatic carbocycles. The van der Waals surface area contributed by atoms with Crippen LogP contribution in [0.15, 0.2) is 24.3 Å². The maximum absolute atomic E-state index is 13.4. The van der Waals surface area contributed by atoms with Gasteiger partial charge in [-0.25, -0.2) is 0 Å². The van der Waals surface area contributed by atoms with Crippen molar-refractivity contribution in [1.82, 2.24) is 14.7 Å². The standard InChI is InChI=1S/C22H30ClN3O2S/c23-19-8-4-3-7-18(19)21(27)25-11-9-24(10-12-25)20(17-5-1-2-6-17)22(28)26-13-15-29-16-14-26/h3-4,7-8,17,20H,1-2,5-6,9-16H2/t20-/m0/s1. The van der Waals surface area contributed by atoms with E-state index in [2.05, 4.69) is 9.80 Å². The minimum Gasteiger partial charge on any atom is -0.340 e. The van der Waals surface area contributed by atoms with Crippen LogP contribution in [-0.4, -0.2) is 83.3 Å². The van der Waals surface area contributed by atoms with E-state index in [1.54, 1.807) is 12.1 Å². The van der Waals surface area contributed by atoms with Crippen molar-refractivity contribution in [3.05, 3.63) is 34.9 Å². The highest BCUT2D eigenvalue weighted by Gasteiger charge is 2.39. The molecule has 0 radical (unpaired) electrons. The highest BCUT2D eigenvalue weighted by atomic mass is 35.5. The number of amides is 2. The third kappa shape index (κ3) is 4.75. The van der Waals surface area contributed by atoms with E-state index in [9.17, 15) is 9.59 Å². The Balaban J connectivity index is 1.43. The van der Waals surface area contributed by atoms with Gasteiger partial charge in [-0.3, -0.25) is 14.5 Å². The summed E-state index contributed by atoms with van der Waals surface area (Å²) in [5, 5.41) is 0.502. The van der Waals surface area contributed by atoms with Crippen molar-refractivity contribution in [2.24, 2.45) is 5.92 Å². The molecule has 5 nitrogen and oxygen atoms in total. The molecule has 29 heavy (non-hydrogen) atoms. The molecular weight excluding hydrogens is 406 g/mol. The number of benzene rings is 1. The smallest absolute Gasteiger partial charge is 0.255 e. The molecule has 1 aromatic rings. The van der Waals surface area contributed by atoms with Crippen LogP contribution < -0.4 is 0 Å². The van der Waals surface area contributed by atoms with Crippen molar-refractivity contribution in [2.75, 3.05) is 50.8 Å². The predicted molar refractivity (Wildman–Crippen MR) is 119 cm³/mol. The van der Waals surface area contributed by atoms with Gasteiger partial charge in [-0.05, 0) is 30.9 Å². The van der Waals surface area contributed by atoms with E-state index in [1.807, 2.05) is 28.8 Å². The number of carbonyl (C=O) groups excluding carboxylic acids is 2. The lowest BCUT2D eigenvalue weighted by atomic mass is 9.94. The highest BCUT2D eigenvalue weighted by Crippen LogP contribution is 2.32. The molecule has 1 atom stereocenters. The summed E-state index contributed by atoms with van der Waals surface area (Å²) in [6.07, 6.45) is 4.76. The number of rotatable bonds is 4. The third-order valence-corrected chi connectivity index (χ3v) is 7.79. The fourth-order valence-electron chi connectivity index (χ4n) is 4.91. The van der Waals surface area contributed by atoms with Gasteiger partial charge in [0, 0.05) is 50.8 Å². The van der Waals surface area contributed by atoms with Crippen LogP contribution in [-0.2, 0) is 4.79 Å². The van der Waals surface area contributed by atoms with Crippen LogP contribution in [0.4, 0.5) is 0 Å². The molecule has 7 heteroatoms. The van der Waals surface area contributed by atoms with Gasteiger partial charge in [0.1, 0.15) is 0 Å². The summed E-state index contributed by atoms with van der Waals surface area (Å²) in [7, 11) is 0. The maximum atomic E-state index is 13.4. The molecule has 0 bridgehead atoms. The third-order valence-electron chi connectivity index (χ3n) is 6.52. The largest absolute Gasteiger partial charge is 0.340 e. The maximum Gasteiger partial charge on any atom is 0.255 e. The van der Waals surface area contributed by atoms with Crippen molar-refractivity contribution in [3.63, 3.8) is 0 Å². The minimum atomic E-state index is -0.0156. The second-order valence-corrected chi connectivity index (χ2v) is 9.87. The monoisotopic (exact) mass is 435 g/mol. The molecule has 158 valence electrons. The van der Waals surface area contributed by atoms with Gasteiger partial charge in [0.2, 0.25) is 5.91 Å². The number of hydrogen-bond donors (Lipinski definition) is 0. The van der Waals surface area contributed by atoms with Gasteiger partial charge >= 0.3 is 0 Å². The molecule has 3 aliphatic rings. The van der Waals surface area contributed by atoms with Gasteiger partial charge in [0.15, 0.2) is 0 Å². The summed E-state index contributed by atoms with van der Waals surface area (Å²) < 4.78 is 0. The average molecular weight is 436 g/mol. The Morgan fingerprint density at radius 3 is 2.24 bits per heavy atom. The summed E-state index contributed by atoms with van der Waals surface area (Å²) in [5.41, 5.74) is 0.567. The summed E-state index contributed by atoms with van der Waals surface area (Å²) in [6, 6.07) is 7.22. The lowest BCUT2D eigenvalue weighted by Crippen LogP contribution is -2.59. The Labute approximate surface area is 182 Å². The second kappa shape index (κ2) is 9.71. The SMILES string of the molecule is O=C(c1ccccc1Cl)N1CCN([C@H](C(=O)N2CCSCC2)C2CCCC2)CC1. The molecule has 0 unspecified atom stereocenters. The normalized spacial score (nSPS) is 22.7. The summed E-state index contributed by atoms with van der Waals surface area (Å²) in [5.74, 6) is 2.87. The first kappa shape index (κ1) is 21.0. The van der Waals surface area contributed by atoms with Crippen LogP contribution in [0.1, 0.15) is 36.0 Å². The minimum absolute atomic E-state index is 0.00736. The van der Waals surface area contributed by atoms with Crippen molar-refractivity contribution in [1.29, 1.82) is 0 Å². The zero-order valence-corrected chi connectivity index (χ0v) is 18.5. The molecule has 0 aromatic heterocycles. The zero-order valence-electron chi connectivity index (χ0n) is 16.9. The Kier molecular flexibility index (Phi) is 7.04. The topological polar surface area (TPSA) is 43.9 Å². The quantitative estimate of drug-likeness (QED) is 0.728. The van der Waals surface area contributed by atoms with Crippen molar-refractivity contribution in [2.45, 2.75) is 31.7 Å². The van der Waals surface area contributed by atoms with Crippen molar-refractivity contribution < 1.29 is 9.59 Å². The first-order valence-electron chi connectivity index (χ1n) is 10.8. The number of nitrogens with zero attached hydrogens (tertiary/aromatic N) is 3. The molecule has 0 spiro atoms.